The predicted octanol–water partition coefficient (Wildman–Crippen LogP) is 2.41. The van der Waals surface area contributed by atoms with Crippen LogP contribution in [0, 0.1) is 0 Å². The molecule has 1 aliphatic heterocycles. The number of nitrogens with zero attached hydrogens (tertiary/aromatic N) is 1. The van der Waals surface area contributed by atoms with Crippen LogP contribution in [0.15, 0.2) is 24.3 Å². The molecule has 18 heavy (non-hydrogen) atoms. The maximum absolute atomic E-state index is 12.3. The third-order valence-corrected chi connectivity index (χ3v) is 4.64. The minimum Gasteiger partial charge on any atom is -0.426 e. The van der Waals surface area contributed by atoms with Crippen molar-refractivity contribution in [2.75, 3.05) is 16.8 Å². The Morgan fingerprint density at radius 2 is 1.89 bits per heavy atom. The van der Waals surface area contributed by atoms with Gasteiger partial charge in [0.25, 0.3) is 5.91 Å². The molecule has 0 spiro atoms. The van der Waals surface area contributed by atoms with Gasteiger partial charge in [0.2, 0.25) is 0 Å². The van der Waals surface area contributed by atoms with Crippen LogP contribution in [0.2, 0.25) is 0 Å². The fraction of sp³-hybridized carbons (Fsp3) is 0.333. The quantitative estimate of drug-likeness (QED) is 0.616. The molecule has 0 atom stereocenters. The number of esters is 1. The highest BCUT2D eigenvalue weighted by Crippen LogP contribution is 2.26. The molecule has 0 bridgehead atoms. The molecule has 0 radical (unpaired) electrons. The van der Waals surface area contributed by atoms with Crippen LogP contribution in [0.25, 0.3) is 0 Å². The molecule has 96 valence electrons. The fourth-order valence-electron chi connectivity index (χ4n) is 1.57. The first-order chi connectivity index (χ1) is 8.68. The Kier molecular flexibility index (Phi) is 4.54. The first kappa shape index (κ1) is 13.3. The van der Waals surface area contributed by atoms with Crippen LogP contribution in [0.3, 0.4) is 0 Å². The summed E-state index contributed by atoms with van der Waals surface area (Å²) < 4.78 is 5.06. The third-order valence-electron chi connectivity index (χ3n) is 2.32. The Bertz CT molecular complexity index is 458. The Hall–Kier alpha value is -1.14. The molecule has 1 aromatic carbocycles. The van der Waals surface area contributed by atoms with Gasteiger partial charge in [-0.3, -0.25) is 9.59 Å². The Labute approximate surface area is 114 Å². The van der Waals surface area contributed by atoms with Gasteiger partial charge in [-0.2, -0.15) is 0 Å². The number of thioether (sulfide) groups is 2. The summed E-state index contributed by atoms with van der Waals surface area (Å²) in [7, 11) is 0. The molecule has 0 N–H and O–H groups in total. The fourth-order valence-corrected chi connectivity index (χ4v) is 3.61. The van der Waals surface area contributed by atoms with Gasteiger partial charge in [-0.25, -0.2) is 0 Å². The van der Waals surface area contributed by atoms with E-state index in [9.17, 15) is 9.59 Å². The van der Waals surface area contributed by atoms with Crippen LogP contribution in [0.4, 0.5) is 0 Å². The van der Waals surface area contributed by atoms with Gasteiger partial charge < -0.3 is 9.64 Å². The van der Waals surface area contributed by atoms with Crippen molar-refractivity contribution >= 4 is 35.4 Å². The maximum atomic E-state index is 12.3. The zero-order valence-corrected chi connectivity index (χ0v) is 11.6. The lowest BCUT2D eigenvalue weighted by atomic mass is 10.2. The van der Waals surface area contributed by atoms with Gasteiger partial charge in [0.05, 0.1) is 17.3 Å². The van der Waals surface area contributed by atoms with Crippen molar-refractivity contribution in [2.45, 2.75) is 6.92 Å². The van der Waals surface area contributed by atoms with Crippen molar-refractivity contribution in [2.24, 2.45) is 0 Å². The normalized spacial score (nSPS) is 15.3. The van der Waals surface area contributed by atoms with Crippen LogP contribution >= 0.6 is 23.5 Å². The highest BCUT2D eigenvalue weighted by atomic mass is 32.2. The molecule has 0 aromatic heterocycles. The highest BCUT2D eigenvalue weighted by molar-refractivity contribution is 8.16. The van der Waals surface area contributed by atoms with E-state index in [-0.39, 0.29) is 5.91 Å². The molecule has 1 aromatic rings. The lowest BCUT2D eigenvalue weighted by molar-refractivity contribution is -0.131. The molecule has 2 rings (SSSR count). The highest BCUT2D eigenvalue weighted by Gasteiger charge is 2.22. The second kappa shape index (κ2) is 6.15. The average molecular weight is 283 g/mol. The first-order valence-corrected chi connectivity index (χ1v) is 7.71. The number of benzene rings is 1. The zero-order chi connectivity index (χ0) is 13.0. The summed E-state index contributed by atoms with van der Waals surface area (Å²) in [5.41, 5.74) is 0.441. The van der Waals surface area contributed by atoms with Crippen LogP contribution in [-0.2, 0) is 4.79 Å². The number of carbonyl (C=O) groups excluding carboxylic acids is 2. The number of carbonyl (C=O) groups is 2. The summed E-state index contributed by atoms with van der Waals surface area (Å²) in [5, 5.41) is 1.01. The lowest BCUT2D eigenvalue weighted by Crippen LogP contribution is -2.33. The predicted molar refractivity (Wildman–Crippen MR) is 73.7 cm³/mol. The molecule has 1 aliphatic rings. The van der Waals surface area contributed by atoms with Crippen molar-refractivity contribution in [3.63, 3.8) is 0 Å². The molecule has 0 aliphatic carbocycles. The minimum absolute atomic E-state index is 0.0912. The molecule has 1 amide bonds. The Balaban J connectivity index is 2.20. The summed E-state index contributed by atoms with van der Waals surface area (Å²) in [6.07, 6.45) is 0. The van der Waals surface area contributed by atoms with Crippen LogP contribution in [-0.4, -0.2) is 33.6 Å². The topological polar surface area (TPSA) is 46.6 Å². The van der Waals surface area contributed by atoms with E-state index in [4.69, 9.17) is 4.74 Å². The first-order valence-electron chi connectivity index (χ1n) is 5.40. The molecule has 1 fully saturated rings. The van der Waals surface area contributed by atoms with Gasteiger partial charge in [-0.05, 0) is 12.1 Å². The van der Waals surface area contributed by atoms with Crippen molar-refractivity contribution in [1.29, 1.82) is 0 Å². The number of hydrogen-bond acceptors (Lipinski definition) is 5. The van der Waals surface area contributed by atoms with Gasteiger partial charge in [-0.1, -0.05) is 12.1 Å². The molecular formula is C12H13NO3S2. The summed E-state index contributed by atoms with van der Waals surface area (Å²) >= 11 is 3.41. The van der Waals surface area contributed by atoms with Gasteiger partial charge in [-0.15, -0.1) is 23.5 Å². The van der Waals surface area contributed by atoms with E-state index in [1.54, 1.807) is 52.7 Å². The molecule has 0 unspecified atom stereocenters. The third kappa shape index (κ3) is 3.20. The van der Waals surface area contributed by atoms with E-state index >= 15 is 0 Å². The van der Waals surface area contributed by atoms with Crippen LogP contribution in [0.1, 0.15) is 17.3 Å². The van der Waals surface area contributed by atoms with Gasteiger partial charge >= 0.3 is 5.97 Å². The number of amides is 1. The number of para-hydroxylation sites is 1. The number of ether oxygens (including phenoxy) is 1. The minimum atomic E-state index is -0.419. The van der Waals surface area contributed by atoms with E-state index in [1.807, 2.05) is 0 Å². The van der Waals surface area contributed by atoms with Crippen molar-refractivity contribution in [3.05, 3.63) is 29.8 Å². The number of rotatable bonds is 2. The standard InChI is InChI=1S/C12H13NO3S2/c1-9(14)16-11-5-3-2-4-10(11)12(15)13-6-17-8-18-7-13/h2-5H,6-8H2,1H3. The van der Waals surface area contributed by atoms with E-state index in [2.05, 4.69) is 0 Å². The van der Waals surface area contributed by atoms with E-state index in [1.165, 1.54) is 6.92 Å². The molecule has 6 heteroatoms. The summed E-state index contributed by atoms with van der Waals surface area (Å²) in [4.78, 5) is 25.1. The smallest absolute Gasteiger partial charge is 0.308 e. The van der Waals surface area contributed by atoms with Crippen molar-refractivity contribution in [3.8, 4) is 5.75 Å². The Morgan fingerprint density at radius 1 is 1.22 bits per heavy atom. The van der Waals surface area contributed by atoms with Gasteiger partial charge in [0.15, 0.2) is 0 Å². The SMILES string of the molecule is CC(=O)Oc1ccccc1C(=O)N1CSCSC1. The Morgan fingerprint density at radius 3 is 2.56 bits per heavy atom. The molecule has 1 saturated heterocycles. The monoisotopic (exact) mass is 283 g/mol. The van der Waals surface area contributed by atoms with E-state index in [0.29, 0.717) is 23.1 Å². The summed E-state index contributed by atoms with van der Waals surface area (Å²) in [5.74, 6) is 1.18. The summed E-state index contributed by atoms with van der Waals surface area (Å²) in [6, 6.07) is 6.84. The van der Waals surface area contributed by atoms with Crippen LogP contribution in [0.5, 0.6) is 5.75 Å². The largest absolute Gasteiger partial charge is 0.426 e. The van der Waals surface area contributed by atoms with Crippen molar-refractivity contribution in [1.82, 2.24) is 4.90 Å². The van der Waals surface area contributed by atoms with Gasteiger partial charge in [0.1, 0.15) is 5.75 Å². The van der Waals surface area contributed by atoms with E-state index < -0.39 is 5.97 Å². The molecule has 0 saturated carbocycles. The molecule has 1 heterocycles. The summed E-state index contributed by atoms with van der Waals surface area (Å²) in [6.45, 7) is 1.33. The average Bonchev–Trinajstić information content (AvgIpc) is 2.39. The second-order valence-corrected chi connectivity index (χ2v) is 5.99. The number of hydrogen-bond donors (Lipinski definition) is 0. The molecule has 4 nitrogen and oxygen atoms in total. The van der Waals surface area contributed by atoms with E-state index in [0.717, 1.165) is 5.08 Å². The zero-order valence-electron chi connectivity index (χ0n) is 9.92. The van der Waals surface area contributed by atoms with Gasteiger partial charge in [0, 0.05) is 12.0 Å². The lowest BCUT2D eigenvalue weighted by Gasteiger charge is -2.26. The molecular weight excluding hydrogens is 270 g/mol. The second-order valence-electron chi connectivity index (χ2n) is 3.72. The van der Waals surface area contributed by atoms with Crippen molar-refractivity contribution < 1.29 is 14.3 Å². The maximum Gasteiger partial charge on any atom is 0.308 e. The van der Waals surface area contributed by atoms with Crippen LogP contribution < -0.4 is 4.74 Å².